The highest BCUT2D eigenvalue weighted by atomic mass is 16.5. The summed E-state index contributed by atoms with van der Waals surface area (Å²) in [6.07, 6.45) is 5.10. The second-order valence-corrected chi connectivity index (χ2v) is 12.4. The van der Waals surface area contributed by atoms with Crippen LogP contribution < -0.4 is 5.32 Å². The van der Waals surface area contributed by atoms with Crippen LogP contribution in [-0.4, -0.2) is 80.0 Å². The quantitative estimate of drug-likeness (QED) is 0.217. The maximum absolute atomic E-state index is 13.5. The molecule has 0 spiro atoms. The average molecular weight is 611 g/mol. The number of alkyl carbamates (subject to hydrolysis) is 1. The van der Waals surface area contributed by atoms with Crippen molar-refractivity contribution in [2.45, 2.75) is 57.7 Å². The molecule has 5 aromatic rings. The van der Waals surface area contributed by atoms with Crippen LogP contribution in [0.15, 0.2) is 47.0 Å². The third-order valence-corrected chi connectivity index (χ3v) is 9.12. The molecule has 1 unspecified atom stereocenters. The van der Waals surface area contributed by atoms with Crippen LogP contribution in [0.25, 0.3) is 44.8 Å². The molecule has 234 valence electrons. The number of nitrogens with one attached hydrogen (secondary N) is 3. The lowest BCUT2D eigenvalue weighted by atomic mass is 10.0. The van der Waals surface area contributed by atoms with Crippen LogP contribution in [0.4, 0.5) is 4.79 Å². The summed E-state index contributed by atoms with van der Waals surface area (Å²) < 4.78 is 10.9. The number of hydrogen-bond donors (Lipinski definition) is 3. The molecule has 2 saturated heterocycles. The number of imidazole rings is 2. The Morgan fingerprint density at radius 3 is 2.56 bits per heavy atom. The number of amides is 2. The summed E-state index contributed by atoms with van der Waals surface area (Å²) in [5.74, 6) is 2.04. The van der Waals surface area contributed by atoms with Gasteiger partial charge >= 0.3 is 6.09 Å². The van der Waals surface area contributed by atoms with Gasteiger partial charge in [0, 0.05) is 17.7 Å². The average Bonchev–Trinajstić information content (AvgIpc) is 3.86. The van der Waals surface area contributed by atoms with Gasteiger partial charge in [0.25, 0.3) is 0 Å². The molecular weight excluding hydrogens is 572 g/mol. The molecule has 2 fully saturated rings. The maximum Gasteiger partial charge on any atom is 0.407 e. The third-order valence-electron chi connectivity index (χ3n) is 9.12. The number of oxazole rings is 1. The number of carbonyl (C=O) groups excluding carboxylic acids is 2. The number of methoxy groups -OCH3 is 1. The van der Waals surface area contributed by atoms with E-state index in [0.29, 0.717) is 29.9 Å². The monoisotopic (exact) mass is 610 g/mol. The summed E-state index contributed by atoms with van der Waals surface area (Å²) >= 11 is 0. The van der Waals surface area contributed by atoms with Crippen molar-refractivity contribution in [3.8, 4) is 22.7 Å². The minimum atomic E-state index is -0.679. The van der Waals surface area contributed by atoms with Gasteiger partial charge in [0.15, 0.2) is 5.58 Å². The van der Waals surface area contributed by atoms with E-state index in [9.17, 15) is 9.59 Å². The topological polar surface area (TPSA) is 145 Å². The smallest absolute Gasteiger partial charge is 0.407 e. The number of fused-ring (bicyclic) bond motifs is 2. The first kappa shape index (κ1) is 29.0. The first-order valence-corrected chi connectivity index (χ1v) is 15.6. The second kappa shape index (κ2) is 11.7. The minimum Gasteiger partial charge on any atom is -0.453 e. The fourth-order valence-corrected chi connectivity index (χ4v) is 6.64. The van der Waals surface area contributed by atoms with Crippen molar-refractivity contribution in [3.63, 3.8) is 0 Å². The van der Waals surface area contributed by atoms with Gasteiger partial charge in [0.2, 0.25) is 11.8 Å². The largest absolute Gasteiger partial charge is 0.453 e. The fraction of sp³-hybridized carbons (Fsp3) is 0.424. The van der Waals surface area contributed by atoms with Crippen molar-refractivity contribution in [1.82, 2.24) is 40.0 Å². The Bertz CT molecular complexity index is 1870. The lowest BCUT2D eigenvalue weighted by Crippen LogP contribution is -2.51. The summed E-state index contributed by atoms with van der Waals surface area (Å²) in [6.45, 7) is 5.50. The minimum absolute atomic E-state index is 0.0955. The van der Waals surface area contributed by atoms with Gasteiger partial charge in [-0.05, 0) is 81.6 Å². The molecule has 0 bridgehead atoms. The van der Waals surface area contributed by atoms with Gasteiger partial charge in [0.1, 0.15) is 23.2 Å². The van der Waals surface area contributed by atoms with Crippen molar-refractivity contribution in [1.29, 1.82) is 0 Å². The van der Waals surface area contributed by atoms with Crippen LogP contribution in [0.2, 0.25) is 0 Å². The Kier molecular flexibility index (Phi) is 7.52. The van der Waals surface area contributed by atoms with E-state index in [2.05, 4.69) is 32.2 Å². The van der Waals surface area contributed by atoms with Gasteiger partial charge in [-0.3, -0.25) is 9.69 Å². The summed E-state index contributed by atoms with van der Waals surface area (Å²) in [7, 11) is 3.44. The summed E-state index contributed by atoms with van der Waals surface area (Å²) in [6, 6.07) is 11.4. The molecule has 45 heavy (non-hydrogen) atoms. The van der Waals surface area contributed by atoms with Crippen molar-refractivity contribution in [3.05, 3.63) is 54.2 Å². The number of likely N-dealkylation sites (tertiary alicyclic amines) is 2. The number of carbonyl (C=O) groups is 2. The summed E-state index contributed by atoms with van der Waals surface area (Å²) in [5, 5.41) is 2.69. The van der Waals surface area contributed by atoms with Gasteiger partial charge in [-0.15, -0.1) is 0 Å². The number of H-pyrrole nitrogens is 2. The van der Waals surface area contributed by atoms with E-state index in [4.69, 9.17) is 19.1 Å². The normalized spacial score (nSPS) is 19.6. The SMILES string of the molecule is COC(=O)NC(C(=O)N1CCC[C@H]1c1ncc(-c2ccc3oc(-c4ccc5nc([C@@H]6CCCN6C)[nH]c5c4)nc3c2)[nH]1)C(C)C. The Balaban J connectivity index is 1.11. The van der Waals surface area contributed by atoms with Crippen LogP contribution in [-0.2, 0) is 9.53 Å². The van der Waals surface area contributed by atoms with Crippen LogP contribution >= 0.6 is 0 Å². The molecule has 3 aromatic heterocycles. The van der Waals surface area contributed by atoms with Crippen molar-refractivity contribution in [2.75, 3.05) is 27.2 Å². The predicted molar refractivity (Wildman–Crippen MR) is 169 cm³/mol. The zero-order chi connectivity index (χ0) is 31.2. The molecule has 12 heteroatoms. The molecule has 0 radical (unpaired) electrons. The zero-order valence-electron chi connectivity index (χ0n) is 26.0. The molecule has 0 aliphatic carbocycles. The summed E-state index contributed by atoms with van der Waals surface area (Å²) in [4.78, 5) is 50.8. The Labute approximate surface area is 260 Å². The van der Waals surface area contributed by atoms with Crippen LogP contribution in [0.3, 0.4) is 0 Å². The first-order valence-electron chi connectivity index (χ1n) is 15.6. The highest BCUT2D eigenvalue weighted by Crippen LogP contribution is 2.35. The number of aromatic amines is 2. The molecule has 2 aliphatic heterocycles. The number of nitrogens with zero attached hydrogens (tertiary/aromatic N) is 5. The highest BCUT2D eigenvalue weighted by molar-refractivity contribution is 5.87. The molecule has 2 aromatic carbocycles. The van der Waals surface area contributed by atoms with Crippen LogP contribution in [0, 0.1) is 5.92 Å². The van der Waals surface area contributed by atoms with E-state index >= 15 is 0 Å². The molecule has 3 atom stereocenters. The van der Waals surface area contributed by atoms with E-state index in [1.54, 1.807) is 6.20 Å². The molecule has 2 aliphatic rings. The van der Waals surface area contributed by atoms with E-state index in [0.717, 1.165) is 65.0 Å². The number of benzene rings is 2. The molecule has 5 heterocycles. The Morgan fingerprint density at radius 2 is 1.78 bits per heavy atom. The van der Waals surface area contributed by atoms with Gasteiger partial charge in [-0.25, -0.2) is 19.7 Å². The van der Waals surface area contributed by atoms with E-state index in [-0.39, 0.29) is 17.9 Å². The van der Waals surface area contributed by atoms with E-state index < -0.39 is 12.1 Å². The molecule has 12 nitrogen and oxygen atoms in total. The standard InChI is InChI=1S/C33H38N8O4/c1-18(2)28(39-33(43)44-4)32(42)41-14-6-8-26(41)29-34-17-24(37-29)19-10-12-27-23(15-19)38-31(45-27)20-9-11-21-22(16-20)36-30(35-21)25-7-5-13-40(25)3/h9-12,15-18,25-26,28H,5-8,13-14H2,1-4H3,(H,34,37)(H,35,36)(H,39,43)/t25-,26-,28?/m0/s1. The number of rotatable bonds is 7. The number of ether oxygens (including phenoxy) is 1. The lowest BCUT2D eigenvalue weighted by molar-refractivity contribution is -0.135. The van der Waals surface area contributed by atoms with Crippen LogP contribution in [0.1, 0.15) is 63.3 Å². The Morgan fingerprint density at radius 1 is 0.978 bits per heavy atom. The predicted octanol–water partition coefficient (Wildman–Crippen LogP) is 5.57. The second-order valence-electron chi connectivity index (χ2n) is 12.4. The fourth-order valence-electron chi connectivity index (χ4n) is 6.64. The first-order chi connectivity index (χ1) is 21.8. The molecule has 3 N–H and O–H groups in total. The highest BCUT2D eigenvalue weighted by Gasteiger charge is 2.37. The zero-order valence-corrected chi connectivity index (χ0v) is 26.0. The van der Waals surface area contributed by atoms with E-state index in [1.807, 2.05) is 55.1 Å². The van der Waals surface area contributed by atoms with Gasteiger partial charge in [-0.2, -0.15) is 0 Å². The Hall–Kier alpha value is -4.71. The van der Waals surface area contributed by atoms with Crippen molar-refractivity contribution < 1.29 is 18.7 Å². The summed E-state index contributed by atoms with van der Waals surface area (Å²) in [5.41, 5.74) is 5.96. The molecular formula is C33H38N8O4. The van der Waals surface area contributed by atoms with Crippen LogP contribution in [0.5, 0.6) is 0 Å². The van der Waals surface area contributed by atoms with Crippen molar-refractivity contribution >= 4 is 34.1 Å². The van der Waals surface area contributed by atoms with Gasteiger partial charge in [0.05, 0.1) is 42.1 Å². The number of aromatic nitrogens is 5. The molecule has 0 saturated carbocycles. The third kappa shape index (κ3) is 5.43. The molecule has 2 amide bonds. The lowest BCUT2D eigenvalue weighted by Gasteiger charge is -2.30. The van der Waals surface area contributed by atoms with Gasteiger partial charge < -0.3 is 29.3 Å². The van der Waals surface area contributed by atoms with E-state index in [1.165, 1.54) is 13.5 Å². The van der Waals surface area contributed by atoms with Gasteiger partial charge in [-0.1, -0.05) is 13.8 Å². The maximum atomic E-state index is 13.5. The van der Waals surface area contributed by atoms with Crippen molar-refractivity contribution in [2.24, 2.45) is 5.92 Å². The number of hydrogen-bond acceptors (Lipinski definition) is 8. The molecule has 7 rings (SSSR count).